The maximum Gasteiger partial charge on any atom is 0.182 e. The second-order valence-electron chi connectivity index (χ2n) is 11.4. The lowest BCUT2D eigenvalue weighted by molar-refractivity contribution is 0.335. The molecule has 6 rings (SSSR count). The summed E-state index contributed by atoms with van der Waals surface area (Å²) < 4.78 is 36.9. The van der Waals surface area contributed by atoms with Crippen molar-refractivity contribution in [2.75, 3.05) is 11.9 Å². The molecule has 0 spiro atoms. The SMILES string of the molecule is CCOc1cc(F)c(Cn2nc(-c3nc4c(c(Nc5cc(C)ncc5C)n3)CC(C)(C)C4)c3ccccc32)c(F)c1. The minimum Gasteiger partial charge on any atom is -0.494 e. The number of benzene rings is 2. The Morgan fingerprint density at radius 2 is 1.78 bits per heavy atom. The van der Waals surface area contributed by atoms with E-state index in [1.165, 1.54) is 12.1 Å². The van der Waals surface area contributed by atoms with Crippen molar-refractivity contribution in [1.29, 1.82) is 0 Å². The van der Waals surface area contributed by atoms with Crippen molar-refractivity contribution in [3.63, 3.8) is 0 Å². The first-order valence-corrected chi connectivity index (χ1v) is 13.8. The zero-order chi connectivity index (χ0) is 28.9. The normalized spacial score (nSPS) is 13.9. The standard InChI is InChI=1S/C32H32F2N6O/c1-6-41-20-12-24(33)23(25(34)13-20)17-40-28-10-8-7-9-21(28)29(39-40)31-37-27-15-32(4,5)14-22(27)30(38-31)36-26-11-19(3)35-16-18(26)2/h7-13,16H,6,14-15,17H2,1-5H3,(H,35,36,37,38). The van der Waals surface area contributed by atoms with E-state index in [1.807, 2.05) is 50.4 Å². The van der Waals surface area contributed by atoms with Crippen molar-refractivity contribution in [3.05, 3.63) is 88.4 Å². The van der Waals surface area contributed by atoms with Gasteiger partial charge in [-0.25, -0.2) is 18.7 Å². The molecule has 0 unspecified atom stereocenters. The van der Waals surface area contributed by atoms with E-state index in [4.69, 9.17) is 19.8 Å². The van der Waals surface area contributed by atoms with E-state index in [0.717, 1.165) is 57.8 Å². The van der Waals surface area contributed by atoms with E-state index in [2.05, 4.69) is 24.1 Å². The maximum atomic E-state index is 15.0. The molecule has 0 atom stereocenters. The molecule has 0 radical (unpaired) electrons. The van der Waals surface area contributed by atoms with Crippen molar-refractivity contribution in [2.24, 2.45) is 5.41 Å². The maximum absolute atomic E-state index is 15.0. The van der Waals surface area contributed by atoms with Crippen molar-refractivity contribution in [3.8, 4) is 17.3 Å². The summed E-state index contributed by atoms with van der Waals surface area (Å²) in [5, 5.41) is 9.18. The van der Waals surface area contributed by atoms with Crippen LogP contribution in [0.15, 0.2) is 48.7 Å². The third-order valence-corrected chi connectivity index (χ3v) is 7.49. The summed E-state index contributed by atoms with van der Waals surface area (Å²) in [7, 11) is 0. The molecular formula is C32H32F2N6O. The highest BCUT2D eigenvalue weighted by Gasteiger charge is 2.33. The van der Waals surface area contributed by atoms with Gasteiger partial charge in [0.25, 0.3) is 0 Å². The zero-order valence-corrected chi connectivity index (χ0v) is 23.8. The second kappa shape index (κ2) is 10.2. The van der Waals surface area contributed by atoms with Crippen LogP contribution >= 0.6 is 0 Å². The number of aromatic nitrogens is 5. The molecule has 0 saturated heterocycles. The largest absolute Gasteiger partial charge is 0.494 e. The number of pyridine rings is 1. The fraction of sp³-hybridized carbons (Fsp3) is 0.312. The minimum absolute atomic E-state index is 0.0411. The summed E-state index contributed by atoms with van der Waals surface area (Å²) in [5.41, 5.74) is 6.17. The predicted octanol–water partition coefficient (Wildman–Crippen LogP) is 7.10. The molecule has 3 aromatic heterocycles. The molecule has 0 saturated carbocycles. The van der Waals surface area contributed by atoms with Crippen molar-refractivity contribution < 1.29 is 13.5 Å². The number of nitrogens with one attached hydrogen (secondary N) is 1. The number of fused-ring (bicyclic) bond motifs is 2. The van der Waals surface area contributed by atoms with Gasteiger partial charge in [-0.1, -0.05) is 32.0 Å². The molecule has 5 aromatic rings. The summed E-state index contributed by atoms with van der Waals surface area (Å²) in [6, 6.07) is 12.0. The molecular weight excluding hydrogens is 522 g/mol. The molecule has 1 aliphatic rings. The van der Waals surface area contributed by atoms with Gasteiger partial charge in [0.15, 0.2) is 5.82 Å². The molecule has 210 valence electrons. The Labute approximate surface area is 237 Å². The first-order valence-electron chi connectivity index (χ1n) is 13.8. The number of halogens is 2. The van der Waals surface area contributed by atoms with Gasteiger partial charge in [0, 0.05) is 46.2 Å². The average Bonchev–Trinajstić information content (AvgIpc) is 3.44. The molecule has 0 bridgehead atoms. The van der Waals surface area contributed by atoms with Gasteiger partial charge in [0.05, 0.1) is 24.4 Å². The number of ether oxygens (including phenoxy) is 1. The van der Waals surface area contributed by atoms with Gasteiger partial charge in [-0.05, 0) is 56.7 Å². The van der Waals surface area contributed by atoms with Crippen molar-refractivity contribution in [2.45, 2.75) is 54.0 Å². The van der Waals surface area contributed by atoms with Gasteiger partial charge in [-0.15, -0.1) is 0 Å². The number of aryl methyl sites for hydroxylation is 2. The van der Waals surface area contributed by atoms with Crippen LogP contribution in [0.4, 0.5) is 20.3 Å². The van der Waals surface area contributed by atoms with Gasteiger partial charge >= 0.3 is 0 Å². The first kappa shape index (κ1) is 26.8. The first-order chi connectivity index (χ1) is 19.6. The Morgan fingerprint density at radius 3 is 2.54 bits per heavy atom. The summed E-state index contributed by atoms with van der Waals surface area (Å²) >= 11 is 0. The Hall–Kier alpha value is -4.40. The molecule has 41 heavy (non-hydrogen) atoms. The number of hydrogen-bond donors (Lipinski definition) is 1. The van der Waals surface area contributed by atoms with E-state index in [-0.39, 0.29) is 23.3 Å². The number of hydrogen-bond acceptors (Lipinski definition) is 6. The minimum atomic E-state index is -0.680. The van der Waals surface area contributed by atoms with Crippen LogP contribution in [-0.4, -0.2) is 31.3 Å². The summed E-state index contributed by atoms with van der Waals surface area (Å²) in [5.74, 6) is 0.00745. The van der Waals surface area contributed by atoms with Crippen LogP contribution in [0.5, 0.6) is 5.75 Å². The molecule has 0 amide bonds. The number of nitrogens with zero attached hydrogens (tertiary/aromatic N) is 5. The van der Waals surface area contributed by atoms with Gasteiger partial charge in [-0.3, -0.25) is 9.67 Å². The van der Waals surface area contributed by atoms with Crippen LogP contribution in [0.3, 0.4) is 0 Å². The molecule has 3 heterocycles. The van der Waals surface area contributed by atoms with E-state index in [0.29, 0.717) is 18.1 Å². The van der Waals surface area contributed by atoms with Gasteiger partial charge < -0.3 is 10.1 Å². The Bertz CT molecular complexity index is 1770. The lowest BCUT2D eigenvalue weighted by Gasteiger charge is -2.16. The molecule has 9 heteroatoms. The van der Waals surface area contributed by atoms with Crippen LogP contribution in [0.1, 0.15) is 48.8 Å². The smallest absolute Gasteiger partial charge is 0.182 e. The molecule has 2 aromatic carbocycles. The van der Waals surface area contributed by atoms with Crippen LogP contribution in [0, 0.1) is 30.9 Å². The van der Waals surface area contributed by atoms with Crippen molar-refractivity contribution in [1.82, 2.24) is 24.7 Å². The summed E-state index contributed by atoms with van der Waals surface area (Å²) in [4.78, 5) is 14.4. The highest BCUT2D eigenvalue weighted by Crippen LogP contribution is 2.41. The summed E-state index contributed by atoms with van der Waals surface area (Å²) in [6.45, 7) is 10.4. The Balaban J connectivity index is 1.46. The summed E-state index contributed by atoms with van der Waals surface area (Å²) in [6.07, 6.45) is 3.50. The van der Waals surface area contributed by atoms with Crippen molar-refractivity contribution >= 4 is 22.4 Å². The van der Waals surface area contributed by atoms with Crippen LogP contribution < -0.4 is 10.1 Å². The van der Waals surface area contributed by atoms with Crippen LogP contribution in [-0.2, 0) is 19.4 Å². The predicted molar refractivity (Wildman–Crippen MR) is 156 cm³/mol. The third-order valence-electron chi connectivity index (χ3n) is 7.49. The molecule has 0 aliphatic heterocycles. The number of para-hydroxylation sites is 1. The third kappa shape index (κ3) is 5.12. The molecule has 0 fully saturated rings. The van der Waals surface area contributed by atoms with Crippen LogP contribution in [0.25, 0.3) is 22.4 Å². The number of anilines is 2. The Kier molecular flexibility index (Phi) is 6.68. The second-order valence-corrected chi connectivity index (χ2v) is 11.4. The topological polar surface area (TPSA) is 77.8 Å². The van der Waals surface area contributed by atoms with Crippen LogP contribution in [0.2, 0.25) is 0 Å². The number of rotatable bonds is 7. The highest BCUT2D eigenvalue weighted by molar-refractivity contribution is 5.92. The molecule has 1 aliphatic carbocycles. The van der Waals surface area contributed by atoms with Gasteiger partial charge in [-0.2, -0.15) is 5.10 Å². The van der Waals surface area contributed by atoms with E-state index < -0.39 is 11.6 Å². The quantitative estimate of drug-likeness (QED) is 0.231. The highest BCUT2D eigenvalue weighted by atomic mass is 19.1. The lowest BCUT2D eigenvalue weighted by Crippen LogP contribution is -2.10. The fourth-order valence-corrected chi connectivity index (χ4v) is 5.50. The van der Waals surface area contributed by atoms with E-state index in [1.54, 1.807) is 11.6 Å². The monoisotopic (exact) mass is 554 g/mol. The van der Waals surface area contributed by atoms with Gasteiger partial charge in [0.2, 0.25) is 0 Å². The molecule has 7 nitrogen and oxygen atoms in total. The van der Waals surface area contributed by atoms with E-state index >= 15 is 0 Å². The lowest BCUT2D eigenvalue weighted by atomic mass is 9.90. The molecule has 1 N–H and O–H groups in total. The van der Waals surface area contributed by atoms with Gasteiger partial charge in [0.1, 0.15) is 28.9 Å². The fourth-order valence-electron chi connectivity index (χ4n) is 5.50. The van der Waals surface area contributed by atoms with E-state index in [9.17, 15) is 8.78 Å². The Morgan fingerprint density at radius 1 is 1.02 bits per heavy atom. The average molecular weight is 555 g/mol. The zero-order valence-electron chi connectivity index (χ0n) is 23.8.